The minimum Gasteiger partial charge on any atom is -0.453 e. The Labute approximate surface area is 361 Å². The van der Waals surface area contributed by atoms with E-state index in [0.717, 1.165) is 81.5 Å². The van der Waals surface area contributed by atoms with E-state index in [4.69, 9.17) is 14.7 Å². The third-order valence-electron chi connectivity index (χ3n) is 12.3. The Kier molecular flexibility index (Phi) is 11.4. The summed E-state index contributed by atoms with van der Waals surface area (Å²) in [5.74, 6) is 1.40. The number of fused-ring (bicyclic) bond motifs is 1. The number of likely N-dealkylation sites (tertiary alicyclic amines) is 2. The van der Waals surface area contributed by atoms with Gasteiger partial charge in [-0.25, -0.2) is 14.8 Å². The molecule has 4 heterocycles. The third kappa shape index (κ3) is 7.96. The Morgan fingerprint density at radius 2 is 1.18 bits per heavy atom. The van der Waals surface area contributed by atoms with Gasteiger partial charge in [-0.2, -0.15) is 0 Å². The van der Waals surface area contributed by atoms with Crippen LogP contribution in [-0.4, -0.2) is 86.8 Å². The molecule has 62 heavy (non-hydrogen) atoms. The van der Waals surface area contributed by atoms with Gasteiger partial charge in [0.25, 0.3) is 5.91 Å². The number of H-pyrrole nitrogens is 2. The van der Waals surface area contributed by atoms with Crippen LogP contribution in [0.15, 0.2) is 134 Å². The number of amides is 3. The molecule has 4 atom stereocenters. The average molecular weight is 827 g/mol. The minimum atomic E-state index is -0.874. The van der Waals surface area contributed by atoms with Crippen molar-refractivity contribution in [3.8, 4) is 33.6 Å². The van der Waals surface area contributed by atoms with Crippen molar-refractivity contribution in [2.24, 2.45) is 0 Å². The van der Waals surface area contributed by atoms with E-state index in [0.29, 0.717) is 24.5 Å². The summed E-state index contributed by atoms with van der Waals surface area (Å²) in [6, 6.07) is 38.7. The van der Waals surface area contributed by atoms with Crippen LogP contribution in [0.4, 0.5) is 4.79 Å². The number of ether oxygens (including phenoxy) is 1. The quantitative estimate of drug-likeness (QED) is 0.118. The van der Waals surface area contributed by atoms with Gasteiger partial charge in [-0.3, -0.25) is 14.5 Å². The summed E-state index contributed by atoms with van der Waals surface area (Å²) >= 11 is 0. The maximum atomic E-state index is 14.4. The summed E-state index contributed by atoms with van der Waals surface area (Å²) in [6.07, 6.45) is 6.38. The van der Waals surface area contributed by atoms with Crippen molar-refractivity contribution in [2.45, 2.75) is 49.9 Å². The zero-order valence-electron chi connectivity index (χ0n) is 35.1. The van der Waals surface area contributed by atoms with E-state index >= 15 is 0 Å². The van der Waals surface area contributed by atoms with Gasteiger partial charge in [0.1, 0.15) is 23.7 Å². The number of likely N-dealkylation sites (N-methyl/N-ethyl adjacent to an activating group) is 1. The van der Waals surface area contributed by atoms with E-state index in [-0.39, 0.29) is 23.9 Å². The molecule has 2 aromatic heterocycles. The first kappa shape index (κ1) is 40.4. The number of aromatic nitrogens is 4. The number of hydrogen-bond acceptors (Lipinski definition) is 7. The number of benzene rings is 5. The van der Waals surface area contributed by atoms with Crippen LogP contribution in [0.3, 0.4) is 0 Å². The van der Waals surface area contributed by atoms with Crippen molar-refractivity contribution in [3.63, 3.8) is 0 Å². The standard InChI is InChI=1S/C50H50N8O4/c1-56(2)45(39-17-9-15-34-12-7-8-16-38(34)39)49(60)58-29-11-19-43(58)47-52-31-41(54-47)36-26-22-33(23-27-36)32-20-24-35(25-21-32)40-30-51-46(53-40)42-18-10-28-57(42)48(59)44(55-50(61)62-3)37-13-5-4-6-14-37/h4-9,12-17,20-27,30-31,42-45H,10-11,18-19,28-29H2,1-3H3,(H,51,53)(H,52,54)(H,55,61)/t42-,43-,44+,45?/m0/s1. The maximum Gasteiger partial charge on any atom is 0.407 e. The zero-order valence-corrected chi connectivity index (χ0v) is 35.1. The minimum absolute atomic E-state index is 0.0890. The fourth-order valence-corrected chi connectivity index (χ4v) is 9.17. The van der Waals surface area contributed by atoms with Crippen LogP contribution in [0.5, 0.6) is 0 Å². The van der Waals surface area contributed by atoms with Gasteiger partial charge in [-0.05, 0) is 83.9 Å². The van der Waals surface area contributed by atoms with Gasteiger partial charge in [-0.1, -0.05) is 121 Å². The van der Waals surface area contributed by atoms with Crippen molar-refractivity contribution >= 4 is 28.7 Å². The van der Waals surface area contributed by atoms with Crippen molar-refractivity contribution in [1.82, 2.24) is 40.0 Å². The number of imidazole rings is 2. The van der Waals surface area contributed by atoms with Crippen LogP contribution in [0.25, 0.3) is 44.4 Å². The molecular formula is C50H50N8O4. The smallest absolute Gasteiger partial charge is 0.407 e. The second-order valence-electron chi connectivity index (χ2n) is 16.3. The molecule has 1 unspecified atom stereocenters. The number of nitrogens with one attached hydrogen (secondary N) is 3. The molecule has 0 spiro atoms. The normalized spacial score (nSPS) is 17.4. The van der Waals surface area contributed by atoms with E-state index in [2.05, 4.69) is 88.1 Å². The highest BCUT2D eigenvalue weighted by Crippen LogP contribution is 2.38. The molecule has 3 amide bonds. The molecule has 0 aliphatic carbocycles. The molecule has 2 aliphatic rings. The number of nitrogens with zero attached hydrogens (tertiary/aromatic N) is 5. The predicted octanol–water partition coefficient (Wildman–Crippen LogP) is 9.01. The Balaban J connectivity index is 0.867. The topological polar surface area (TPSA) is 140 Å². The summed E-state index contributed by atoms with van der Waals surface area (Å²) in [4.78, 5) is 62.9. The number of rotatable bonds is 11. The molecule has 5 aromatic carbocycles. The molecule has 12 nitrogen and oxygen atoms in total. The molecule has 2 saturated heterocycles. The van der Waals surface area contributed by atoms with Crippen LogP contribution < -0.4 is 5.32 Å². The molecule has 0 saturated carbocycles. The monoisotopic (exact) mass is 826 g/mol. The molecule has 2 aliphatic heterocycles. The first-order valence-electron chi connectivity index (χ1n) is 21.2. The third-order valence-corrected chi connectivity index (χ3v) is 12.3. The van der Waals surface area contributed by atoms with E-state index in [1.165, 1.54) is 7.11 Å². The van der Waals surface area contributed by atoms with Gasteiger partial charge in [0.2, 0.25) is 5.91 Å². The van der Waals surface area contributed by atoms with Gasteiger partial charge in [-0.15, -0.1) is 0 Å². The number of methoxy groups -OCH3 is 1. The fourth-order valence-electron chi connectivity index (χ4n) is 9.17. The highest BCUT2D eigenvalue weighted by molar-refractivity contribution is 5.93. The van der Waals surface area contributed by atoms with Crippen LogP contribution in [0.2, 0.25) is 0 Å². The Hall–Kier alpha value is -7.05. The molecule has 12 heteroatoms. The summed E-state index contributed by atoms with van der Waals surface area (Å²) in [7, 11) is 5.23. The molecular weight excluding hydrogens is 777 g/mol. The lowest BCUT2D eigenvalue weighted by Crippen LogP contribution is -2.42. The average Bonchev–Trinajstić information content (AvgIpc) is 4.16. The summed E-state index contributed by atoms with van der Waals surface area (Å²) in [5, 5.41) is 4.94. The van der Waals surface area contributed by atoms with Crippen LogP contribution in [0, 0.1) is 0 Å². The second kappa shape index (κ2) is 17.5. The fraction of sp³-hybridized carbons (Fsp3) is 0.260. The van der Waals surface area contributed by atoms with Gasteiger partial charge in [0.15, 0.2) is 0 Å². The van der Waals surface area contributed by atoms with E-state index in [9.17, 15) is 14.4 Å². The van der Waals surface area contributed by atoms with E-state index in [1.54, 1.807) is 4.90 Å². The first-order valence-corrected chi connectivity index (χ1v) is 21.2. The molecule has 0 radical (unpaired) electrons. The zero-order chi connectivity index (χ0) is 42.7. The molecule has 0 bridgehead atoms. The number of hydrogen-bond donors (Lipinski definition) is 3. The lowest BCUT2D eigenvalue weighted by atomic mass is 9.97. The number of carbonyl (C=O) groups excluding carboxylic acids is 3. The lowest BCUT2D eigenvalue weighted by Gasteiger charge is -2.32. The molecule has 314 valence electrons. The van der Waals surface area contributed by atoms with Crippen LogP contribution >= 0.6 is 0 Å². The van der Waals surface area contributed by atoms with E-state index in [1.807, 2.05) is 84.8 Å². The van der Waals surface area contributed by atoms with Gasteiger partial charge >= 0.3 is 6.09 Å². The van der Waals surface area contributed by atoms with Gasteiger partial charge in [0, 0.05) is 13.1 Å². The van der Waals surface area contributed by atoms with Gasteiger partial charge in [0.05, 0.1) is 43.0 Å². The lowest BCUT2D eigenvalue weighted by molar-refractivity contribution is -0.137. The number of alkyl carbamates (subject to hydrolysis) is 1. The van der Waals surface area contributed by atoms with Gasteiger partial charge < -0.3 is 29.8 Å². The highest BCUT2D eigenvalue weighted by atomic mass is 16.5. The maximum absolute atomic E-state index is 14.4. The molecule has 7 aromatic rings. The first-order chi connectivity index (χ1) is 30.3. The van der Waals surface area contributed by atoms with Crippen molar-refractivity contribution in [2.75, 3.05) is 34.3 Å². The van der Waals surface area contributed by atoms with Crippen molar-refractivity contribution in [3.05, 3.63) is 156 Å². The van der Waals surface area contributed by atoms with Crippen molar-refractivity contribution < 1.29 is 19.1 Å². The number of carbonyl (C=O) groups is 3. The number of aromatic amines is 2. The second-order valence-corrected chi connectivity index (χ2v) is 16.3. The van der Waals surface area contributed by atoms with Crippen LogP contribution in [-0.2, 0) is 14.3 Å². The van der Waals surface area contributed by atoms with Crippen LogP contribution in [0.1, 0.15) is 72.6 Å². The summed E-state index contributed by atoms with van der Waals surface area (Å²) in [6.45, 7) is 1.25. The van der Waals surface area contributed by atoms with E-state index < -0.39 is 18.2 Å². The van der Waals surface area contributed by atoms with Crippen molar-refractivity contribution in [1.29, 1.82) is 0 Å². The highest BCUT2D eigenvalue weighted by Gasteiger charge is 2.39. The predicted molar refractivity (Wildman–Crippen MR) is 240 cm³/mol. The molecule has 3 N–H and O–H groups in total. The largest absolute Gasteiger partial charge is 0.453 e. The molecule has 9 rings (SSSR count). The Morgan fingerprint density at radius 3 is 1.74 bits per heavy atom. The molecule has 2 fully saturated rings. The summed E-state index contributed by atoms with van der Waals surface area (Å²) < 4.78 is 4.84. The Morgan fingerprint density at radius 1 is 0.661 bits per heavy atom. The summed E-state index contributed by atoms with van der Waals surface area (Å²) in [5.41, 5.74) is 7.62. The SMILES string of the molecule is COC(=O)N[C@@H](C(=O)N1CCC[C@H]1c1ncc(-c2ccc(-c3ccc(-c4cnc([C@@H]5CCCN5C(=O)C(c5cccc6ccccc56)N(C)C)[nH]4)cc3)cc2)[nH]1)c1ccccc1. The Bertz CT molecular complexity index is 2690.